The Morgan fingerprint density at radius 2 is 1.29 bits per heavy atom. The number of carbonyl (C=O) groups excluding carboxylic acids is 2. The van der Waals surface area contributed by atoms with E-state index in [1.165, 1.54) is 0 Å². The number of carbonyl (C=O) groups is 2. The monoisotopic (exact) mass is 432 g/mol. The first-order chi connectivity index (χ1) is 14.7. The van der Waals surface area contributed by atoms with Gasteiger partial charge in [0.1, 0.15) is 24.9 Å². The molecule has 8 nitrogen and oxygen atoms in total. The zero-order valence-corrected chi connectivity index (χ0v) is 17.9. The zero-order valence-electron chi connectivity index (χ0n) is 17.9. The molecule has 0 bridgehead atoms. The standard InChI is InChI=1S/C23H28O8/c1-16(30-26)19-8-4-17(5-9-19)14-28-21(24)12-13-22(25)29-15-18-6-10-20(11-7-18)23(2,3)31-27/h4-11,16,26-27H,12-15H2,1-3H3. The van der Waals surface area contributed by atoms with E-state index in [1.807, 2.05) is 0 Å². The molecule has 0 fully saturated rings. The minimum Gasteiger partial charge on any atom is -0.461 e. The van der Waals surface area contributed by atoms with Gasteiger partial charge in [-0.05, 0) is 43.0 Å². The third-order valence-corrected chi connectivity index (χ3v) is 4.82. The maximum absolute atomic E-state index is 11.9. The molecule has 168 valence electrons. The topological polar surface area (TPSA) is 112 Å². The summed E-state index contributed by atoms with van der Waals surface area (Å²) in [7, 11) is 0. The predicted octanol–water partition coefficient (Wildman–Crippen LogP) is 4.53. The fraction of sp³-hybridized carbons (Fsp3) is 0.391. The van der Waals surface area contributed by atoms with Crippen molar-refractivity contribution in [2.75, 3.05) is 0 Å². The second-order valence-corrected chi connectivity index (χ2v) is 7.61. The molecule has 0 aromatic heterocycles. The Morgan fingerprint density at radius 3 is 1.71 bits per heavy atom. The van der Waals surface area contributed by atoms with Gasteiger partial charge in [-0.1, -0.05) is 48.5 Å². The van der Waals surface area contributed by atoms with E-state index in [0.717, 1.165) is 22.3 Å². The second-order valence-electron chi connectivity index (χ2n) is 7.61. The van der Waals surface area contributed by atoms with Crippen molar-refractivity contribution in [1.29, 1.82) is 0 Å². The van der Waals surface area contributed by atoms with Gasteiger partial charge in [0.25, 0.3) is 0 Å². The van der Waals surface area contributed by atoms with Crippen LogP contribution in [0, 0.1) is 0 Å². The Labute approximate surface area is 181 Å². The zero-order chi connectivity index (χ0) is 22.9. The lowest BCUT2D eigenvalue weighted by atomic mass is 9.97. The summed E-state index contributed by atoms with van der Waals surface area (Å²) in [5.41, 5.74) is 2.30. The number of rotatable bonds is 11. The Balaban J connectivity index is 1.69. The van der Waals surface area contributed by atoms with Crippen LogP contribution in [0.25, 0.3) is 0 Å². The second kappa shape index (κ2) is 11.6. The van der Waals surface area contributed by atoms with Crippen LogP contribution in [0.3, 0.4) is 0 Å². The Kier molecular flexibility index (Phi) is 9.14. The van der Waals surface area contributed by atoms with Gasteiger partial charge in [-0.3, -0.25) is 20.1 Å². The van der Waals surface area contributed by atoms with Crippen molar-refractivity contribution in [1.82, 2.24) is 0 Å². The van der Waals surface area contributed by atoms with Gasteiger partial charge in [0.15, 0.2) is 0 Å². The van der Waals surface area contributed by atoms with Crippen molar-refractivity contribution >= 4 is 11.9 Å². The third-order valence-electron chi connectivity index (χ3n) is 4.82. The molecular formula is C23H28O8. The van der Waals surface area contributed by atoms with Gasteiger partial charge in [0.2, 0.25) is 0 Å². The summed E-state index contributed by atoms with van der Waals surface area (Å²) in [5, 5.41) is 17.6. The van der Waals surface area contributed by atoms with Crippen molar-refractivity contribution in [3.63, 3.8) is 0 Å². The van der Waals surface area contributed by atoms with Gasteiger partial charge < -0.3 is 9.47 Å². The van der Waals surface area contributed by atoms with Crippen LogP contribution in [0.2, 0.25) is 0 Å². The SMILES string of the molecule is CC(OO)c1ccc(COC(=O)CCC(=O)OCc2ccc(C(C)(C)OO)cc2)cc1. The van der Waals surface area contributed by atoms with E-state index in [9.17, 15) is 9.59 Å². The van der Waals surface area contributed by atoms with E-state index >= 15 is 0 Å². The summed E-state index contributed by atoms with van der Waals surface area (Å²) < 4.78 is 10.3. The van der Waals surface area contributed by atoms with Crippen molar-refractivity contribution in [2.24, 2.45) is 0 Å². The van der Waals surface area contributed by atoms with Gasteiger partial charge in [-0.2, -0.15) is 0 Å². The number of esters is 2. The number of benzene rings is 2. The van der Waals surface area contributed by atoms with Crippen LogP contribution >= 0.6 is 0 Å². The Bertz CT molecular complexity index is 843. The molecule has 2 aromatic rings. The van der Waals surface area contributed by atoms with E-state index in [-0.39, 0.29) is 26.1 Å². The molecule has 2 aromatic carbocycles. The van der Waals surface area contributed by atoms with E-state index in [2.05, 4.69) is 9.78 Å². The number of ether oxygens (including phenoxy) is 2. The minimum absolute atomic E-state index is 0.0761. The fourth-order valence-corrected chi connectivity index (χ4v) is 2.68. The normalized spacial score (nSPS) is 12.3. The molecular weight excluding hydrogens is 404 g/mol. The molecule has 2 rings (SSSR count). The van der Waals surface area contributed by atoms with Crippen LogP contribution in [0.15, 0.2) is 48.5 Å². The summed E-state index contributed by atoms with van der Waals surface area (Å²) in [4.78, 5) is 32.4. The minimum atomic E-state index is -0.829. The molecule has 0 spiro atoms. The first kappa shape index (κ1) is 24.5. The highest BCUT2D eigenvalue weighted by Gasteiger charge is 2.21. The Morgan fingerprint density at radius 1 is 0.839 bits per heavy atom. The smallest absolute Gasteiger partial charge is 0.306 e. The molecule has 0 heterocycles. The molecule has 0 aliphatic carbocycles. The van der Waals surface area contributed by atoms with Crippen molar-refractivity contribution in [3.8, 4) is 0 Å². The average molecular weight is 432 g/mol. The van der Waals surface area contributed by atoms with Crippen LogP contribution in [-0.4, -0.2) is 22.5 Å². The molecule has 1 unspecified atom stereocenters. The lowest BCUT2D eigenvalue weighted by molar-refractivity contribution is -0.318. The average Bonchev–Trinajstić information content (AvgIpc) is 2.80. The highest BCUT2D eigenvalue weighted by atomic mass is 17.1. The maximum atomic E-state index is 11.9. The largest absolute Gasteiger partial charge is 0.461 e. The van der Waals surface area contributed by atoms with Gasteiger partial charge in [-0.25, -0.2) is 9.78 Å². The van der Waals surface area contributed by atoms with Gasteiger partial charge in [0.05, 0.1) is 12.8 Å². The lowest BCUT2D eigenvalue weighted by Gasteiger charge is -2.21. The van der Waals surface area contributed by atoms with Gasteiger partial charge in [0, 0.05) is 0 Å². The van der Waals surface area contributed by atoms with Crippen LogP contribution in [0.1, 0.15) is 62.0 Å². The molecule has 0 saturated carbocycles. The molecule has 0 amide bonds. The predicted molar refractivity (Wildman–Crippen MR) is 111 cm³/mol. The van der Waals surface area contributed by atoms with E-state index in [4.69, 9.17) is 20.0 Å². The number of hydrogen-bond donors (Lipinski definition) is 2. The van der Waals surface area contributed by atoms with Crippen molar-refractivity contribution < 1.29 is 39.4 Å². The van der Waals surface area contributed by atoms with E-state index in [0.29, 0.717) is 0 Å². The number of hydrogen-bond acceptors (Lipinski definition) is 8. The molecule has 31 heavy (non-hydrogen) atoms. The highest BCUT2D eigenvalue weighted by molar-refractivity contribution is 5.77. The van der Waals surface area contributed by atoms with Gasteiger partial charge >= 0.3 is 11.9 Å². The van der Waals surface area contributed by atoms with Crippen LogP contribution < -0.4 is 0 Å². The van der Waals surface area contributed by atoms with Crippen molar-refractivity contribution in [3.05, 3.63) is 70.8 Å². The van der Waals surface area contributed by atoms with E-state index < -0.39 is 23.6 Å². The summed E-state index contributed by atoms with van der Waals surface area (Å²) in [5.74, 6) is -0.994. The Hall–Kier alpha value is -2.78. The van der Waals surface area contributed by atoms with E-state index in [1.54, 1.807) is 69.3 Å². The van der Waals surface area contributed by atoms with Gasteiger partial charge in [-0.15, -0.1) is 0 Å². The lowest BCUT2D eigenvalue weighted by Crippen LogP contribution is -2.19. The molecule has 8 heteroatoms. The van der Waals surface area contributed by atoms with Crippen molar-refractivity contribution in [2.45, 2.75) is 58.5 Å². The summed E-state index contributed by atoms with van der Waals surface area (Å²) in [6.45, 7) is 5.32. The maximum Gasteiger partial charge on any atom is 0.306 e. The quantitative estimate of drug-likeness (QED) is 0.303. The van der Waals surface area contributed by atoms with Crippen LogP contribution in [0.5, 0.6) is 0 Å². The first-order valence-electron chi connectivity index (χ1n) is 9.87. The highest BCUT2D eigenvalue weighted by Crippen LogP contribution is 2.24. The van der Waals surface area contributed by atoms with Crippen LogP contribution in [0.4, 0.5) is 0 Å². The molecule has 1 atom stereocenters. The molecule has 0 aliphatic heterocycles. The molecule has 0 saturated heterocycles. The summed E-state index contributed by atoms with van der Waals surface area (Å²) >= 11 is 0. The molecule has 2 N–H and O–H groups in total. The van der Waals surface area contributed by atoms with Crippen LogP contribution in [-0.2, 0) is 47.7 Å². The molecule has 0 aliphatic rings. The molecule has 0 radical (unpaired) electrons. The fourth-order valence-electron chi connectivity index (χ4n) is 2.68. The first-order valence-corrected chi connectivity index (χ1v) is 9.87. The summed E-state index contributed by atoms with van der Waals surface area (Å²) in [6.07, 6.45) is -0.596. The third kappa shape index (κ3) is 7.76. The summed E-state index contributed by atoms with van der Waals surface area (Å²) in [6, 6.07) is 14.2.